The predicted octanol–water partition coefficient (Wildman–Crippen LogP) is 6.23. The molecule has 0 aliphatic rings. The summed E-state index contributed by atoms with van der Waals surface area (Å²) in [6, 6.07) is 7.82. The van der Waals surface area contributed by atoms with E-state index in [-0.39, 0.29) is 10.9 Å². The van der Waals surface area contributed by atoms with E-state index in [1.807, 2.05) is 45.0 Å². The fourth-order valence-electron chi connectivity index (χ4n) is 1.82. The van der Waals surface area contributed by atoms with Crippen LogP contribution in [-0.2, 0) is 9.32 Å². The van der Waals surface area contributed by atoms with Gasteiger partial charge in [-0.3, -0.25) is 4.79 Å². The van der Waals surface area contributed by atoms with Crippen molar-refractivity contribution in [2.24, 2.45) is 5.41 Å². The SMILES string of the molecule is CC(C)(C)C(=O)N(O[Si](C)(C)C(C)(C)C)c1ccc(C#C[Si](C)(C)C)cc1. The van der Waals surface area contributed by atoms with Crippen LogP contribution < -0.4 is 5.06 Å². The summed E-state index contributed by atoms with van der Waals surface area (Å²) < 4.78 is 6.42. The van der Waals surface area contributed by atoms with Crippen LogP contribution in [0.4, 0.5) is 5.69 Å². The summed E-state index contributed by atoms with van der Waals surface area (Å²) in [5, 5.41) is 1.53. The van der Waals surface area contributed by atoms with E-state index in [0.717, 1.165) is 11.3 Å². The Morgan fingerprint density at radius 2 is 1.41 bits per heavy atom. The van der Waals surface area contributed by atoms with Crippen molar-refractivity contribution < 1.29 is 9.32 Å². The van der Waals surface area contributed by atoms with Crippen molar-refractivity contribution in [1.82, 2.24) is 0 Å². The Morgan fingerprint density at radius 1 is 0.926 bits per heavy atom. The quantitative estimate of drug-likeness (QED) is 0.340. The standard InChI is InChI=1S/C22H37NO2Si2/c1-21(2,3)20(24)23(25-27(10,11)22(4,5)6)19-14-12-18(13-15-19)16-17-26(7,8)9/h12-15H,1-11H3. The monoisotopic (exact) mass is 403 g/mol. The van der Waals surface area contributed by atoms with Crippen molar-refractivity contribution >= 4 is 28.0 Å². The van der Waals surface area contributed by atoms with E-state index in [1.54, 1.807) is 0 Å². The average molecular weight is 404 g/mol. The number of amides is 1. The van der Waals surface area contributed by atoms with Crippen LogP contribution in [0.5, 0.6) is 0 Å². The average Bonchev–Trinajstić information content (AvgIpc) is 2.48. The maximum atomic E-state index is 13.1. The summed E-state index contributed by atoms with van der Waals surface area (Å²) in [7, 11) is -3.58. The smallest absolute Gasteiger partial charge is 0.255 e. The number of hydrogen-bond donors (Lipinski definition) is 0. The Kier molecular flexibility index (Phi) is 6.97. The van der Waals surface area contributed by atoms with Crippen LogP contribution in [-0.4, -0.2) is 22.3 Å². The molecule has 0 aliphatic heterocycles. The molecule has 0 spiro atoms. The molecule has 0 heterocycles. The van der Waals surface area contributed by atoms with E-state index < -0.39 is 21.8 Å². The molecule has 0 aromatic heterocycles. The molecular weight excluding hydrogens is 366 g/mol. The Morgan fingerprint density at radius 3 is 1.78 bits per heavy atom. The molecule has 0 saturated carbocycles. The van der Waals surface area contributed by atoms with Gasteiger partial charge in [0.05, 0.1) is 5.69 Å². The van der Waals surface area contributed by atoms with Gasteiger partial charge in [0.2, 0.25) is 8.32 Å². The first kappa shape index (κ1) is 23.7. The van der Waals surface area contributed by atoms with Crippen molar-refractivity contribution in [2.45, 2.75) is 79.3 Å². The Labute approximate surface area is 168 Å². The molecule has 150 valence electrons. The second-order valence-electron chi connectivity index (χ2n) is 10.7. The first-order valence-corrected chi connectivity index (χ1v) is 16.0. The lowest BCUT2D eigenvalue weighted by molar-refractivity contribution is -0.130. The summed E-state index contributed by atoms with van der Waals surface area (Å²) in [5.74, 6) is 3.22. The molecule has 0 atom stereocenters. The van der Waals surface area contributed by atoms with Crippen LogP contribution in [0, 0.1) is 16.9 Å². The van der Waals surface area contributed by atoms with E-state index in [9.17, 15) is 4.79 Å². The first-order valence-electron chi connectivity index (χ1n) is 9.61. The minimum atomic E-state index is -2.16. The normalized spacial score (nSPS) is 13.0. The van der Waals surface area contributed by atoms with Crippen LogP contribution in [0.3, 0.4) is 0 Å². The maximum Gasteiger partial charge on any atom is 0.255 e. The van der Waals surface area contributed by atoms with Crippen molar-refractivity contribution in [3.63, 3.8) is 0 Å². The van der Waals surface area contributed by atoms with Gasteiger partial charge >= 0.3 is 0 Å². The molecule has 1 rings (SSSR count). The molecule has 0 aliphatic carbocycles. The van der Waals surface area contributed by atoms with E-state index in [0.29, 0.717) is 0 Å². The highest BCUT2D eigenvalue weighted by Crippen LogP contribution is 2.39. The largest absolute Gasteiger partial charge is 0.312 e. The molecular formula is C22H37NO2Si2. The van der Waals surface area contributed by atoms with Gasteiger partial charge in [-0.2, -0.15) is 5.06 Å². The van der Waals surface area contributed by atoms with Crippen molar-refractivity contribution in [1.29, 1.82) is 0 Å². The van der Waals surface area contributed by atoms with Gasteiger partial charge in [-0.15, -0.1) is 5.54 Å². The highest BCUT2D eigenvalue weighted by atomic mass is 28.4. The van der Waals surface area contributed by atoms with Gasteiger partial charge in [-0.25, -0.2) is 0 Å². The summed E-state index contributed by atoms with van der Waals surface area (Å²) in [6.45, 7) is 23.3. The Balaban J connectivity index is 3.28. The number of hydroxylamine groups is 1. The van der Waals surface area contributed by atoms with E-state index in [1.165, 1.54) is 5.06 Å². The van der Waals surface area contributed by atoms with Gasteiger partial charge in [0.1, 0.15) is 8.07 Å². The zero-order valence-corrected chi connectivity index (χ0v) is 21.1. The fourth-order valence-corrected chi connectivity index (χ4v) is 3.26. The highest BCUT2D eigenvalue weighted by molar-refractivity contribution is 6.83. The molecule has 0 fully saturated rings. The van der Waals surface area contributed by atoms with Gasteiger partial charge in [-0.1, -0.05) is 67.1 Å². The zero-order chi connectivity index (χ0) is 21.3. The number of rotatable bonds is 3. The lowest BCUT2D eigenvalue weighted by atomic mass is 9.95. The molecule has 0 unspecified atom stereocenters. The van der Waals surface area contributed by atoms with Crippen LogP contribution in [0.15, 0.2) is 24.3 Å². The number of benzene rings is 1. The van der Waals surface area contributed by atoms with E-state index in [4.69, 9.17) is 4.53 Å². The fraction of sp³-hybridized carbons (Fsp3) is 0.591. The van der Waals surface area contributed by atoms with Gasteiger partial charge in [0, 0.05) is 11.0 Å². The minimum absolute atomic E-state index is 0.00612. The number of nitrogens with zero attached hydrogens (tertiary/aromatic N) is 1. The molecule has 0 saturated heterocycles. The Bertz CT molecular complexity index is 721. The Hall–Kier alpha value is -1.36. The van der Waals surface area contributed by atoms with E-state index >= 15 is 0 Å². The lowest BCUT2D eigenvalue weighted by Gasteiger charge is -2.41. The molecule has 1 amide bonds. The third-order valence-corrected chi connectivity index (χ3v) is 9.76. The lowest BCUT2D eigenvalue weighted by Crippen LogP contribution is -2.51. The van der Waals surface area contributed by atoms with Crippen LogP contribution in [0.25, 0.3) is 0 Å². The molecule has 1 aromatic carbocycles. The van der Waals surface area contributed by atoms with Crippen LogP contribution in [0.2, 0.25) is 37.8 Å². The topological polar surface area (TPSA) is 29.5 Å². The minimum Gasteiger partial charge on any atom is -0.312 e. The van der Waals surface area contributed by atoms with Gasteiger partial charge in [0.15, 0.2) is 0 Å². The van der Waals surface area contributed by atoms with Gasteiger partial charge in [0.25, 0.3) is 5.91 Å². The van der Waals surface area contributed by atoms with Gasteiger partial charge < -0.3 is 4.53 Å². The van der Waals surface area contributed by atoms with E-state index in [2.05, 4.69) is 65.0 Å². The van der Waals surface area contributed by atoms with Crippen molar-refractivity contribution in [3.8, 4) is 11.5 Å². The van der Waals surface area contributed by atoms with Crippen molar-refractivity contribution in [2.75, 3.05) is 5.06 Å². The highest BCUT2D eigenvalue weighted by Gasteiger charge is 2.42. The third-order valence-electron chi connectivity index (χ3n) is 4.64. The summed E-state index contributed by atoms with van der Waals surface area (Å²) >= 11 is 0. The molecule has 3 nitrogen and oxygen atoms in total. The molecule has 0 N–H and O–H groups in total. The zero-order valence-electron chi connectivity index (χ0n) is 19.1. The number of anilines is 1. The molecule has 27 heavy (non-hydrogen) atoms. The molecule has 5 heteroatoms. The molecule has 0 radical (unpaired) electrons. The third kappa shape index (κ3) is 6.95. The summed E-state index contributed by atoms with van der Waals surface area (Å²) in [4.78, 5) is 13.1. The summed E-state index contributed by atoms with van der Waals surface area (Å²) in [6.07, 6.45) is 0. The number of hydrogen-bond acceptors (Lipinski definition) is 2. The van der Waals surface area contributed by atoms with Crippen molar-refractivity contribution in [3.05, 3.63) is 29.8 Å². The molecule has 0 bridgehead atoms. The second-order valence-corrected chi connectivity index (χ2v) is 20.2. The molecule has 1 aromatic rings. The van der Waals surface area contributed by atoms with Gasteiger partial charge in [-0.05, 0) is 42.4 Å². The predicted molar refractivity (Wildman–Crippen MR) is 122 cm³/mol. The number of carbonyl (C=O) groups is 1. The number of carbonyl (C=O) groups excluding carboxylic acids is 1. The summed E-state index contributed by atoms with van der Waals surface area (Å²) in [5.41, 5.74) is 4.58. The van der Waals surface area contributed by atoms with Crippen LogP contribution in [0.1, 0.15) is 47.1 Å². The maximum absolute atomic E-state index is 13.1. The second kappa shape index (κ2) is 7.94. The van der Waals surface area contributed by atoms with Crippen LogP contribution >= 0.6 is 0 Å². The first-order chi connectivity index (χ1) is 11.9.